The molecule has 6 nitrogen and oxygen atoms in total. The molecule has 3 rings (SSSR count). The molecule has 1 saturated carbocycles. The summed E-state index contributed by atoms with van der Waals surface area (Å²) in [5, 5.41) is 5.84. The summed E-state index contributed by atoms with van der Waals surface area (Å²) >= 11 is 0. The van der Waals surface area contributed by atoms with Crippen LogP contribution in [0.2, 0.25) is 0 Å². The molecule has 6 heteroatoms. The lowest BCUT2D eigenvalue weighted by molar-refractivity contribution is 0.0860. The third-order valence-electron chi connectivity index (χ3n) is 4.75. The van der Waals surface area contributed by atoms with Gasteiger partial charge < -0.3 is 20.1 Å². The predicted octanol–water partition coefficient (Wildman–Crippen LogP) is 2.77. The summed E-state index contributed by atoms with van der Waals surface area (Å²) in [5.41, 5.74) is 0.907. The summed E-state index contributed by atoms with van der Waals surface area (Å²) in [6.07, 6.45) is 8.78. The number of aromatic nitrogens is 1. The van der Waals surface area contributed by atoms with Crippen LogP contribution in [0.1, 0.15) is 51.0 Å². The molecular formula is C18H27N3O3. The van der Waals surface area contributed by atoms with Crippen molar-refractivity contribution in [1.29, 1.82) is 0 Å². The van der Waals surface area contributed by atoms with Crippen LogP contribution in [-0.4, -0.2) is 35.9 Å². The van der Waals surface area contributed by atoms with Gasteiger partial charge in [-0.3, -0.25) is 0 Å². The predicted molar refractivity (Wildman–Crippen MR) is 90.9 cm³/mol. The van der Waals surface area contributed by atoms with Crippen LogP contribution in [0.4, 0.5) is 4.79 Å². The van der Waals surface area contributed by atoms with Crippen LogP contribution in [0.25, 0.3) is 0 Å². The molecule has 0 aromatic carbocycles. The van der Waals surface area contributed by atoms with E-state index in [0.717, 1.165) is 37.9 Å². The maximum atomic E-state index is 12.1. The summed E-state index contributed by atoms with van der Waals surface area (Å²) in [5.74, 6) is 0.636. The summed E-state index contributed by atoms with van der Waals surface area (Å²) < 4.78 is 11.6. The molecule has 1 aromatic rings. The average molecular weight is 333 g/mol. The Bertz CT molecular complexity index is 540. The van der Waals surface area contributed by atoms with Crippen molar-refractivity contribution in [2.75, 3.05) is 6.61 Å². The quantitative estimate of drug-likeness (QED) is 0.840. The van der Waals surface area contributed by atoms with Crippen molar-refractivity contribution in [3.63, 3.8) is 0 Å². The summed E-state index contributed by atoms with van der Waals surface area (Å²) in [6, 6.07) is 3.64. The van der Waals surface area contributed by atoms with Gasteiger partial charge in [0.05, 0.1) is 12.1 Å². The Hall–Kier alpha value is -1.82. The molecule has 0 bridgehead atoms. The normalized spacial score (nSPS) is 22.3. The maximum absolute atomic E-state index is 12.1. The number of pyridine rings is 1. The number of carbonyl (C=O) groups excluding carboxylic acids is 1. The van der Waals surface area contributed by atoms with E-state index in [1.165, 1.54) is 12.8 Å². The van der Waals surface area contributed by atoms with Gasteiger partial charge in [-0.15, -0.1) is 0 Å². The van der Waals surface area contributed by atoms with Gasteiger partial charge in [-0.1, -0.05) is 6.07 Å². The lowest BCUT2D eigenvalue weighted by Crippen LogP contribution is -2.45. The molecule has 0 radical (unpaired) electrons. The monoisotopic (exact) mass is 333 g/mol. The Balaban J connectivity index is 1.49. The summed E-state index contributed by atoms with van der Waals surface area (Å²) in [7, 11) is 0. The Morgan fingerprint density at radius 2 is 2.21 bits per heavy atom. The van der Waals surface area contributed by atoms with Crippen LogP contribution in [0, 0.1) is 0 Å². The molecule has 1 aliphatic heterocycles. The SMILES string of the molecule is CC(NC(=O)NCc1cccnc1OC1CCCC1)C1CCCO1. The number of hydrogen-bond donors (Lipinski definition) is 2. The van der Waals surface area contributed by atoms with Gasteiger partial charge in [0.2, 0.25) is 5.88 Å². The number of ether oxygens (including phenoxy) is 2. The number of nitrogens with zero attached hydrogens (tertiary/aromatic N) is 1. The third-order valence-corrected chi connectivity index (χ3v) is 4.75. The Kier molecular flexibility index (Phi) is 5.91. The standard InChI is InChI=1S/C18H27N3O3/c1-13(16-9-5-11-23-16)21-18(22)20-12-14-6-4-10-19-17(14)24-15-7-2-3-8-15/h4,6,10,13,15-16H,2-3,5,7-9,11-12H2,1H3,(H2,20,21,22). The number of amides is 2. The van der Waals surface area contributed by atoms with Crippen LogP contribution in [0.5, 0.6) is 5.88 Å². The summed E-state index contributed by atoms with van der Waals surface area (Å²) in [4.78, 5) is 16.4. The highest BCUT2D eigenvalue weighted by Crippen LogP contribution is 2.24. The Morgan fingerprint density at radius 1 is 1.38 bits per heavy atom. The zero-order chi connectivity index (χ0) is 16.8. The largest absolute Gasteiger partial charge is 0.474 e. The van der Waals surface area contributed by atoms with Crippen molar-refractivity contribution in [3.8, 4) is 5.88 Å². The minimum atomic E-state index is -0.186. The number of rotatable bonds is 6. The summed E-state index contributed by atoms with van der Waals surface area (Å²) in [6.45, 7) is 3.17. The Morgan fingerprint density at radius 3 is 2.96 bits per heavy atom. The molecule has 1 aliphatic carbocycles. The van der Waals surface area contributed by atoms with Crippen molar-refractivity contribution in [3.05, 3.63) is 23.9 Å². The lowest BCUT2D eigenvalue weighted by atomic mass is 10.1. The van der Waals surface area contributed by atoms with Gasteiger partial charge >= 0.3 is 6.03 Å². The fraction of sp³-hybridized carbons (Fsp3) is 0.667. The average Bonchev–Trinajstić information content (AvgIpc) is 3.27. The van der Waals surface area contributed by atoms with Crippen molar-refractivity contribution in [1.82, 2.24) is 15.6 Å². The van der Waals surface area contributed by atoms with Crippen LogP contribution >= 0.6 is 0 Å². The van der Waals surface area contributed by atoms with Gasteiger partial charge in [0, 0.05) is 24.9 Å². The van der Waals surface area contributed by atoms with Crippen molar-refractivity contribution in [2.24, 2.45) is 0 Å². The first kappa shape index (κ1) is 17.0. The highest BCUT2D eigenvalue weighted by molar-refractivity contribution is 5.74. The molecule has 2 fully saturated rings. The number of hydrogen-bond acceptors (Lipinski definition) is 4. The molecular weight excluding hydrogens is 306 g/mol. The van der Waals surface area contributed by atoms with E-state index in [2.05, 4.69) is 15.6 Å². The first-order chi connectivity index (χ1) is 11.7. The molecule has 0 spiro atoms. The molecule has 1 aromatic heterocycles. The molecule has 24 heavy (non-hydrogen) atoms. The van der Waals surface area contributed by atoms with Crippen molar-refractivity contribution in [2.45, 2.75) is 70.2 Å². The minimum absolute atomic E-state index is 0.00982. The fourth-order valence-electron chi connectivity index (χ4n) is 3.35. The highest BCUT2D eigenvalue weighted by Gasteiger charge is 2.23. The van der Waals surface area contributed by atoms with Gasteiger partial charge in [0.15, 0.2) is 0 Å². The number of carbonyl (C=O) groups is 1. The maximum Gasteiger partial charge on any atom is 0.315 e. The van der Waals surface area contributed by atoms with Crippen molar-refractivity contribution < 1.29 is 14.3 Å². The van der Waals surface area contributed by atoms with Gasteiger partial charge in [-0.25, -0.2) is 9.78 Å². The van der Waals surface area contributed by atoms with Gasteiger partial charge in [-0.2, -0.15) is 0 Å². The molecule has 132 valence electrons. The van der Waals surface area contributed by atoms with E-state index in [4.69, 9.17) is 9.47 Å². The van der Waals surface area contributed by atoms with Crippen LogP contribution < -0.4 is 15.4 Å². The molecule has 2 aliphatic rings. The topological polar surface area (TPSA) is 72.5 Å². The Labute approximate surface area is 143 Å². The fourth-order valence-corrected chi connectivity index (χ4v) is 3.35. The number of urea groups is 1. The second-order valence-electron chi connectivity index (χ2n) is 6.66. The molecule has 1 saturated heterocycles. The first-order valence-electron chi connectivity index (χ1n) is 8.99. The molecule has 2 unspecified atom stereocenters. The van der Waals surface area contributed by atoms with Crippen molar-refractivity contribution >= 4 is 6.03 Å². The minimum Gasteiger partial charge on any atom is -0.474 e. The number of nitrogens with one attached hydrogen (secondary N) is 2. The van der Waals surface area contributed by atoms with Crippen LogP contribution in [-0.2, 0) is 11.3 Å². The highest BCUT2D eigenvalue weighted by atomic mass is 16.5. The smallest absolute Gasteiger partial charge is 0.315 e. The molecule has 2 amide bonds. The van der Waals surface area contributed by atoms with Crippen LogP contribution in [0.15, 0.2) is 18.3 Å². The van der Waals surface area contributed by atoms with E-state index < -0.39 is 0 Å². The van der Waals surface area contributed by atoms with E-state index in [9.17, 15) is 4.79 Å². The van der Waals surface area contributed by atoms with E-state index in [1.807, 2.05) is 19.1 Å². The van der Waals surface area contributed by atoms with Gasteiger partial charge in [0.25, 0.3) is 0 Å². The van der Waals surface area contributed by atoms with E-state index in [-0.39, 0.29) is 24.3 Å². The van der Waals surface area contributed by atoms with E-state index in [0.29, 0.717) is 12.4 Å². The molecule has 2 atom stereocenters. The zero-order valence-corrected chi connectivity index (χ0v) is 14.3. The molecule has 2 heterocycles. The first-order valence-corrected chi connectivity index (χ1v) is 8.99. The van der Waals surface area contributed by atoms with E-state index in [1.54, 1.807) is 6.20 Å². The molecule has 2 N–H and O–H groups in total. The zero-order valence-electron chi connectivity index (χ0n) is 14.3. The van der Waals surface area contributed by atoms with Crippen LogP contribution in [0.3, 0.4) is 0 Å². The second kappa shape index (κ2) is 8.33. The van der Waals surface area contributed by atoms with Gasteiger partial charge in [0.1, 0.15) is 6.10 Å². The van der Waals surface area contributed by atoms with Gasteiger partial charge in [-0.05, 0) is 51.5 Å². The lowest BCUT2D eigenvalue weighted by Gasteiger charge is -2.20. The third kappa shape index (κ3) is 4.60. The van der Waals surface area contributed by atoms with E-state index >= 15 is 0 Å². The second-order valence-corrected chi connectivity index (χ2v) is 6.66.